The number of hydrogen-bond donors (Lipinski definition) is 0. The van der Waals surface area contributed by atoms with E-state index in [0.29, 0.717) is 0 Å². The van der Waals surface area contributed by atoms with Gasteiger partial charge in [-0.3, -0.25) is 0 Å². The van der Waals surface area contributed by atoms with Crippen LogP contribution in [0.4, 0.5) is 0 Å². The van der Waals surface area contributed by atoms with Gasteiger partial charge in [0.1, 0.15) is 11.7 Å². The molecule has 5 nitrogen and oxygen atoms in total. The molecule has 1 atom stereocenters. The molecule has 0 aliphatic heterocycles. The van der Waals surface area contributed by atoms with Gasteiger partial charge in [0.25, 0.3) is 0 Å². The van der Waals surface area contributed by atoms with Crippen molar-refractivity contribution in [2.45, 2.75) is 33.8 Å². The molecule has 0 aliphatic carbocycles. The Labute approximate surface area is 149 Å². The van der Waals surface area contributed by atoms with E-state index in [1.165, 1.54) is 6.08 Å². The average molecular weight is 345 g/mol. The first-order valence-corrected chi connectivity index (χ1v) is 8.58. The maximum absolute atomic E-state index is 12.4. The van der Waals surface area contributed by atoms with E-state index in [1.54, 1.807) is 19.9 Å². The smallest absolute Gasteiger partial charge is 0.346 e. The van der Waals surface area contributed by atoms with E-state index in [4.69, 9.17) is 9.47 Å². The van der Waals surface area contributed by atoms with Crippen molar-refractivity contribution in [2.75, 3.05) is 19.7 Å². The monoisotopic (exact) mass is 345 g/mol. The van der Waals surface area contributed by atoms with Crippen molar-refractivity contribution in [2.24, 2.45) is 0 Å². The van der Waals surface area contributed by atoms with Gasteiger partial charge >= 0.3 is 11.9 Å². The molecule has 0 bridgehead atoms. The summed E-state index contributed by atoms with van der Waals surface area (Å²) in [4.78, 5) is 26.5. The van der Waals surface area contributed by atoms with Crippen molar-refractivity contribution in [3.8, 4) is 0 Å². The molecule has 0 aliphatic rings. The maximum Gasteiger partial charge on any atom is 0.346 e. The van der Waals surface area contributed by atoms with Gasteiger partial charge < -0.3 is 14.4 Å². The quantitative estimate of drug-likeness (QED) is 0.225. The minimum atomic E-state index is -0.695. The summed E-state index contributed by atoms with van der Waals surface area (Å²) in [6.07, 6.45) is 4.47. The Morgan fingerprint density at radius 1 is 1.08 bits per heavy atom. The van der Waals surface area contributed by atoms with Crippen LogP contribution in [0.3, 0.4) is 0 Å². The third-order valence-corrected chi connectivity index (χ3v) is 3.64. The van der Waals surface area contributed by atoms with E-state index >= 15 is 0 Å². The lowest BCUT2D eigenvalue weighted by atomic mass is 10.1. The molecule has 0 radical (unpaired) electrons. The molecular formula is C20H27NO4. The second-order valence-electron chi connectivity index (χ2n) is 5.32. The van der Waals surface area contributed by atoms with Gasteiger partial charge in [-0.1, -0.05) is 30.3 Å². The molecule has 136 valence electrons. The molecule has 5 heteroatoms. The fourth-order valence-corrected chi connectivity index (χ4v) is 2.14. The van der Waals surface area contributed by atoms with E-state index in [9.17, 15) is 9.59 Å². The van der Waals surface area contributed by atoms with E-state index in [0.717, 1.165) is 18.7 Å². The van der Waals surface area contributed by atoms with Gasteiger partial charge in [0, 0.05) is 13.1 Å². The molecule has 1 unspecified atom stereocenters. The van der Waals surface area contributed by atoms with Gasteiger partial charge in [0.05, 0.1) is 6.61 Å². The second kappa shape index (κ2) is 11.1. The van der Waals surface area contributed by atoms with Crippen LogP contribution in [0.5, 0.6) is 0 Å². The molecule has 0 aromatic heterocycles. The zero-order valence-electron chi connectivity index (χ0n) is 15.4. The molecule has 1 aromatic carbocycles. The number of nitrogens with zero attached hydrogens (tertiary/aromatic N) is 1. The zero-order chi connectivity index (χ0) is 18.7. The number of benzene rings is 1. The number of carbonyl (C=O) groups excluding carboxylic acids is 2. The standard InChI is InChI=1S/C20H27NO4/c1-5-21(6-2)15-11-14-18(19(22)24-7-3)20(23)25-16(4)17-12-9-8-10-13-17/h8-16H,5-7H2,1-4H3/b15-11+,18-14+. The van der Waals surface area contributed by atoms with Crippen molar-refractivity contribution < 1.29 is 19.1 Å². The van der Waals surface area contributed by atoms with Crippen LogP contribution >= 0.6 is 0 Å². The predicted molar refractivity (Wildman–Crippen MR) is 97.7 cm³/mol. The third kappa shape index (κ3) is 6.83. The highest BCUT2D eigenvalue weighted by Gasteiger charge is 2.23. The Hall–Kier alpha value is -2.56. The van der Waals surface area contributed by atoms with Crippen molar-refractivity contribution in [1.29, 1.82) is 0 Å². The Balaban J connectivity index is 2.91. The molecule has 0 heterocycles. The lowest BCUT2D eigenvalue weighted by Gasteiger charge is -2.15. The second-order valence-corrected chi connectivity index (χ2v) is 5.32. The number of rotatable bonds is 9. The molecule has 0 N–H and O–H groups in total. The summed E-state index contributed by atoms with van der Waals surface area (Å²) < 4.78 is 10.4. The van der Waals surface area contributed by atoms with Crippen LogP contribution in [0.1, 0.15) is 39.4 Å². The number of ether oxygens (including phenoxy) is 2. The van der Waals surface area contributed by atoms with E-state index in [1.807, 2.05) is 55.3 Å². The maximum atomic E-state index is 12.4. The Morgan fingerprint density at radius 3 is 2.28 bits per heavy atom. The highest BCUT2D eigenvalue weighted by atomic mass is 16.6. The molecular weight excluding hydrogens is 318 g/mol. The topological polar surface area (TPSA) is 55.8 Å². The molecule has 0 saturated carbocycles. The molecule has 1 rings (SSSR count). The Bertz CT molecular complexity index is 603. The zero-order valence-corrected chi connectivity index (χ0v) is 15.4. The van der Waals surface area contributed by atoms with Gasteiger partial charge in [-0.2, -0.15) is 0 Å². The van der Waals surface area contributed by atoms with E-state index in [-0.39, 0.29) is 12.2 Å². The van der Waals surface area contributed by atoms with Crippen molar-refractivity contribution in [3.05, 3.63) is 59.8 Å². The fourth-order valence-electron chi connectivity index (χ4n) is 2.14. The largest absolute Gasteiger partial charge is 0.462 e. The molecule has 0 spiro atoms. The minimum Gasteiger partial charge on any atom is -0.462 e. The van der Waals surface area contributed by atoms with Gasteiger partial charge in [-0.25, -0.2) is 9.59 Å². The molecule has 1 aromatic rings. The summed E-state index contributed by atoms with van der Waals surface area (Å²) in [5, 5.41) is 0. The summed E-state index contributed by atoms with van der Waals surface area (Å²) >= 11 is 0. The first kappa shape index (κ1) is 20.5. The number of carbonyl (C=O) groups is 2. The van der Waals surface area contributed by atoms with Crippen LogP contribution in [0.2, 0.25) is 0 Å². The van der Waals surface area contributed by atoms with Gasteiger partial charge in [0.15, 0.2) is 0 Å². The van der Waals surface area contributed by atoms with Gasteiger partial charge in [0.2, 0.25) is 0 Å². The Kier molecular flexibility index (Phi) is 9.07. The molecule has 25 heavy (non-hydrogen) atoms. The molecule has 0 fully saturated rings. The number of esters is 2. The van der Waals surface area contributed by atoms with Crippen LogP contribution in [0, 0.1) is 0 Å². The predicted octanol–water partition coefficient (Wildman–Crippen LogP) is 3.64. The minimum absolute atomic E-state index is 0.118. The highest BCUT2D eigenvalue weighted by Crippen LogP contribution is 2.18. The van der Waals surface area contributed by atoms with Gasteiger partial charge in [-0.15, -0.1) is 0 Å². The van der Waals surface area contributed by atoms with E-state index in [2.05, 4.69) is 0 Å². The SMILES string of the molecule is CCOC(=O)/C(=C\C=C\N(CC)CC)C(=O)OC(C)c1ccccc1. The lowest BCUT2D eigenvalue weighted by molar-refractivity contribution is -0.149. The summed E-state index contributed by atoms with van der Waals surface area (Å²) in [7, 11) is 0. The number of hydrogen-bond acceptors (Lipinski definition) is 5. The van der Waals surface area contributed by atoms with Crippen LogP contribution in [0.15, 0.2) is 54.3 Å². The third-order valence-electron chi connectivity index (χ3n) is 3.64. The number of allylic oxidation sites excluding steroid dienone is 2. The highest BCUT2D eigenvalue weighted by molar-refractivity contribution is 6.14. The van der Waals surface area contributed by atoms with Crippen molar-refractivity contribution >= 4 is 11.9 Å². The van der Waals surface area contributed by atoms with Crippen molar-refractivity contribution in [1.82, 2.24) is 4.90 Å². The first-order chi connectivity index (χ1) is 12.0. The van der Waals surface area contributed by atoms with Crippen LogP contribution in [0.25, 0.3) is 0 Å². The van der Waals surface area contributed by atoms with Crippen LogP contribution < -0.4 is 0 Å². The summed E-state index contributed by atoms with van der Waals surface area (Å²) in [6, 6.07) is 9.36. The molecule has 0 amide bonds. The Morgan fingerprint density at radius 2 is 1.72 bits per heavy atom. The normalized spacial score (nSPS) is 12.7. The van der Waals surface area contributed by atoms with Gasteiger partial charge in [-0.05, 0) is 51.6 Å². The summed E-state index contributed by atoms with van der Waals surface area (Å²) in [6.45, 7) is 9.38. The molecule has 0 saturated heterocycles. The van der Waals surface area contributed by atoms with E-state index < -0.39 is 18.0 Å². The average Bonchev–Trinajstić information content (AvgIpc) is 2.62. The fraction of sp³-hybridized carbons (Fsp3) is 0.400. The summed E-state index contributed by atoms with van der Waals surface area (Å²) in [5.74, 6) is -1.38. The lowest BCUT2D eigenvalue weighted by Crippen LogP contribution is -2.20. The van der Waals surface area contributed by atoms with Crippen LogP contribution in [-0.4, -0.2) is 36.5 Å². The first-order valence-electron chi connectivity index (χ1n) is 8.58. The van der Waals surface area contributed by atoms with Crippen molar-refractivity contribution in [3.63, 3.8) is 0 Å². The summed E-state index contributed by atoms with van der Waals surface area (Å²) in [5.41, 5.74) is 0.741. The van der Waals surface area contributed by atoms with Crippen LogP contribution in [-0.2, 0) is 19.1 Å².